The maximum absolute atomic E-state index is 13.4. The van der Waals surface area contributed by atoms with Gasteiger partial charge in [0.1, 0.15) is 11.6 Å². The molecule has 0 aromatic heterocycles. The van der Waals surface area contributed by atoms with E-state index < -0.39 is 5.41 Å². The fourth-order valence-electron chi connectivity index (χ4n) is 9.56. The fourth-order valence-corrected chi connectivity index (χ4v) is 9.56. The van der Waals surface area contributed by atoms with Gasteiger partial charge < -0.3 is 4.74 Å². The Labute approximate surface area is 186 Å². The lowest BCUT2D eigenvalue weighted by atomic mass is 9.33. The van der Waals surface area contributed by atoms with Crippen molar-refractivity contribution in [3.8, 4) is 0 Å². The van der Waals surface area contributed by atoms with Crippen LogP contribution >= 0.6 is 0 Å². The van der Waals surface area contributed by atoms with E-state index in [0.29, 0.717) is 36.2 Å². The molecule has 6 rings (SSSR count). The Kier molecular flexibility index (Phi) is 4.68. The fraction of sp³-hybridized carbons (Fsp3) is 0.815. The number of ether oxygens (including phenoxy) is 1. The Hall–Kier alpha value is -1.45. The minimum atomic E-state index is -0.448. The summed E-state index contributed by atoms with van der Waals surface area (Å²) >= 11 is 0. The zero-order chi connectivity index (χ0) is 22.3. The molecule has 0 aromatic rings. The van der Waals surface area contributed by atoms with Crippen LogP contribution in [0.25, 0.3) is 0 Å². The number of methoxy groups -OCH3 is 1. The first-order chi connectivity index (χ1) is 14.6. The van der Waals surface area contributed by atoms with Crippen LogP contribution in [0.5, 0.6) is 0 Å². The Bertz CT molecular complexity index is 870. The quantitative estimate of drug-likeness (QED) is 0.453. The molecule has 6 aliphatic rings. The highest BCUT2D eigenvalue weighted by molar-refractivity contribution is 5.98. The van der Waals surface area contributed by atoms with Crippen LogP contribution in [-0.2, 0) is 19.1 Å². The molecule has 0 radical (unpaired) electrons. The number of ketones is 2. The molecule has 1 spiro atoms. The summed E-state index contributed by atoms with van der Waals surface area (Å²) in [6, 6.07) is 0. The van der Waals surface area contributed by atoms with Gasteiger partial charge in [-0.3, -0.25) is 14.4 Å². The van der Waals surface area contributed by atoms with E-state index in [2.05, 4.69) is 33.8 Å². The van der Waals surface area contributed by atoms with Crippen molar-refractivity contribution < 1.29 is 19.1 Å². The summed E-state index contributed by atoms with van der Waals surface area (Å²) in [5.74, 6) is 1.61. The zero-order valence-electron chi connectivity index (χ0n) is 19.8. The summed E-state index contributed by atoms with van der Waals surface area (Å²) in [5.41, 5.74) is 0.777. The van der Waals surface area contributed by atoms with Gasteiger partial charge >= 0.3 is 5.97 Å². The van der Waals surface area contributed by atoms with Crippen molar-refractivity contribution in [2.45, 2.75) is 79.1 Å². The smallest absolute Gasteiger partial charge is 0.311 e. The second kappa shape index (κ2) is 6.78. The maximum Gasteiger partial charge on any atom is 0.311 e. The van der Waals surface area contributed by atoms with Crippen molar-refractivity contribution in [3.63, 3.8) is 0 Å². The second-order valence-electron chi connectivity index (χ2n) is 12.1. The summed E-state index contributed by atoms with van der Waals surface area (Å²) < 4.78 is 5.30. The van der Waals surface area contributed by atoms with Crippen LogP contribution in [-0.4, -0.2) is 24.6 Å². The molecule has 0 aromatic carbocycles. The lowest BCUT2D eigenvalue weighted by Crippen LogP contribution is -2.67. The highest BCUT2D eigenvalue weighted by Gasteiger charge is 2.70. The molecule has 170 valence electrons. The lowest BCUT2D eigenvalue weighted by Gasteiger charge is -2.70. The zero-order valence-corrected chi connectivity index (χ0v) is 19.8. The van der Waals surface area contributed by atoms with Gasteiger partial charge in [0.2, 0.25) is 0 Å². The Balaban J connectivity index is 1.65. The summed E-state index contributed by atoms with van der Waals surface area (Å²) in [4.78, 5) is 39.5. The second-order valence-corrected chi connectivity index (χ2v) is 12.1. The molecule has 31 heavy (non-hydrogen) atoms. The van der Waals surface area contributed by atoms with Gasteiger partial charge in [0.15, 0.2) is 0 Å². The number of carbonyl (C=O) groups excluding carboxylic acids is 3. The molecule has 4 fully saturated rings. The summed E-state index contributed by atoms with van der Waals surface area (Å²) in [6.45, 7) is 9.00. The largest absolute Gasteiger partial charge is 0.469 e. The number of esters is 1. The van der Waals surface area contributed by atoms with Gasteiger partial charge in [-0.05, 0) is 68.1 Å². The van der Waals surface area contributed by atoms with Crippen molar-refractivity contribution in [1.82, 2.24) is 0 Å². The first-order valence-electron chi connectivity index (χ1n) is 12.5. The molecule has 4 heteroatoms. The van der Waals surface area contributed by atoms with Crippen LogP contribution in [0.1, 0.15) is 79.1 Å². The van der Waals surface area contributed by atoms with Gasteiger partial charge in [0.25, 0.3) is 0 Å². The number of Topliss-reactive ketones (excluding diaryl/α,β-unsaturated/α-hetero) is 2. The first kappa shape index (κ1) is 21.4. The number of allylic oxidation sites excluding steroid dienone is 2. The van der Waals surface area contributed by atoms with Crippen LogP contribution < -0.4 is 0 Å². The van der Waals surface area contributed by atoms with Crippen LogP contribution in [0.15, 0.2) is 11.6 Å². The third-order valence-electron chi connectivity index (χ3n) is 10.7. The monoisotopic (exact) mass is 426 g/mol. The molecular formula is C27H38O4. The van der Waals surface area contributed by atoms with E-state index in [-0.39, 0.29) is 40.5 Å². The molecule has 8 atom stereocenters. The van der Waals surface area contributed by atoms with E-state index in [1.54, 1.807) is 0 Å². The average molecular weight is 427 g/mol. The van der Waals surface area contributed by atoms with E-state index >= 15 is 0 Å². The summed E-state index contributed by atoms with van der Waals surface area (Å²) in [7, 11) is 1.51. The standard InChI is InChI=1S/C27H38O4/c1-15(2)17-14-27-12-9-20-25(3,10-6-11-26(20,4)24(30)31-5)21(27)13-16(17)22-18(28)7-8-19(29)23(22)27/h14-16,20-23H,6-13H2,1-5H3/t16-,20-,21-,22-,23+,25-,26+,27-/m0/s1. The third-order valence-corrected chi connectivity index (χ3v) is 10.7. The van der Waals surface area contributed by atoms with E-state index in [0.717, 1.165) is 38.5 Å². The maximum atomic E-state index is 13.4. The van der Waals surface area contributed by atoms with E-state index in [4.69, 9.17) is 4.74 Å². The Morgan fingerprint density at radius 2 is 1.77 bits per heavy atom. The van der Waals surface area contributed by atoms with Gasteiger partial charge in [0, 0.05) is 30.1 Å². The molecule has 0 saturated heterocycles. The van der Waals surface area contributed by atoms with E-state index in [9.17, 15) is 14.4 Å². The van der Waals surface area contributed by atoms with Gasteiger partial charge in [-0.15, -0.1) is 0 Å². The van der Waals surface area contributed by atoms with Crippen molar-refractivity contribution in [1.29, 1.82) is 0 Å². The van der Waals surface area contributed by atoms with Gasteiger partial charge in [0.05, 0.1) is 12.5 Å². The predicted octanol–water partition coefficient (Wildman–Crippen LogP) is 5.15. The van der Waals surface area contributed by atoms with Gasteiger partial charge in [-0.25, -0.2) is 0 Å². The number of hydrogen-bond donors (Lipinski definition) is 0. The van der Waals surface area contributed by atoms with Gasteiger partial charge in [-0.2, -0.15) is 0 Å². The topological polar surface area (TPSA) is 60.4 Å². The minimum absolute atomic E-state index is 0.00242. The van der Waals surface area contributed by atoms with Crippen molar-refractivity contribution in [3.05, 3.63) is 11.6 Å². The third kappa shape index (κ3) is 2.57. The summed E-state index contributed by atoms with van der Waals surface area (Å²) in [5, 5.41) is 0. The van der Waals surface area contributed by atoms with E-state index in [1.165, 1.54) is 12.7 Å². The Morgan fingerprint density at radius 3 is 2.45 bits per heavy atom. The van der Waals surface area contributed by atoms with Crippen molar-refractivity contribution >= 4 is 17.5 Å². The molecular weight excluding hydrogens is 388 g/mol. The summed E-state index contributed by atoms with van der Waals surface area (Å²) in [6.07, 6.45) is 9.25. The van der Waals surface area contributed by atoms with Crippen LogP contribution in [0.2, 0.25) is 0 Å². The molecule has 0 unspecified atom stereocenters. The van der Waals surface area contributed by atoms with E-state index in [1.807, 2.05) is 0 Å². The van der Waals surface area contributed by atoms with Crippen LogP contribution in [0.4, 0.5) is 0 Å². The highest BCUT2D eigenvalue weighted by atomic mass is 16.5. The van der Waals surface area contributed by atoms with Crippen LogP contribution in [0.3, 0.4) is 0 Å². The first-order valence-corrected chi connectivity index (χ1v) is 12.5. The molecule has 0 heterocycles. The Morgan fingerprint density at radius 1 is 1.06 bits per heavy atom. The molecule has 0 amide bonds. The molecule has 6 aliphatic carbocycles. The number of carbonyl (C=O) groups is 3. The SMILES string of the molecule is COC(=O)[C@]1(C)CCC[C@]2(C)[C@@H]3C[C@H]4C(C(C)C)=C[C@]3(CC[C@@H]21)[C@@H]1C(=O)CCC(=O)[C@@H]14. The van der Waals surface area contributed by atoms with Crippen molar-refractivity contribution in [2.24, 2.45) is 51.8 Å². The number of fused-ring (bicyclic) bond motifs is 1. The minimum Gasteiger partial charge on any atom is -0.469 e. The molecule has 4 nitrogen and oxygen atoms in total. The van der Waals surface area contributed by atoms with Gasteiger partial charge in [-0.1, -0.05) is 38.8 Å². The lowest BCUT2D eigenvalue weighted by molar-refractivity contribution is -0.201. The average Bonchev–Trinajstić information content (AvgIpc) is 2.74. The molecule has 2 bridgehead atoms. The molecule has 0 N–H and O–H groups in total. The molecule has 4 saturated carbocycles. The van der Waals surface area contributed by atoms with Crippen LogP contribution in [0, 0.1) is 51.8 Å². The normalized spacial score (nSPS) is 48.6. The number of hydrogen-bond acceptors (Lipinski definition) is 4. The predicted molar refractivity (Wildman–Crippen MR) is 118 cm³/mol. The molecule has 0 aliphatic heterocycles. The van der Waals surface area contributed by atoms with Crippen molar-refractivity contribution in [2.75, 3.05) is 7.11 Å². The highest BCUT2D eigenvalue weighted by Crippen LogP contribution is 2.74. The number of rotatable bonds is 2.